The van der Waals surface area contributed by atoms with Gasteiger partial charge in [-0.15, -0.1) is 0 Å². The number of para-hydroxylation sites is 1. The topological polar surface area (TPSA) is 32.3 Å². The highest BCUT2D eigenvalue weighted by atomic mass is 35.5. The van der Waals surface area contributed by atoms with Crippen LogP contribution < -0.4 is 5.32 Å². The van der Waals surface area contributed by atoms with Crippen LogP contribution in [0, 0.1) is 5.82 Å². The standard InChI is InChI=1S/C18H17Cl2FN2O/c19-14-5-3-6-16(21)13(14)10-23(12-8-9-12)11-18(24)22-17-7-2-1-4-15(17)20/h1-7,12H,8-11H2,(H,22,24). The molecule has 1 aliphatic carbocycles. The first-order valence-corrected chi connectivity index (χ1v) is 8.51. The normalized spacial score (nSPS) is 14.0. The summed E-state index contributed by atoms with van der Waals surface area (Å²) in [4.78, 5) is 14.3. The van der Waals surface area contributed by atoms with Crippen LogP contribution in [0.1, 0.15) is 18.4 Å². The minimum atomic E-state index is -0.348. The maximum absolute atomic E-state index is 14.0. The molecule has 1 saturated carbocycles. The summed E-state index contributed by atoms with van der Waals surface area (Å²) in [6, 6.07) is 12.0. The van der Waals surface area contributed by atoms with E-state index < -0.39 is 0 Å². The Balaban J connectivity index is 1.68. The first kappa shape index (κ1) is 17.2. The second-order valence-corrected chi connectivity index (χ2v) is 6.68. The lowest BCUT2D eigenvalue weighted by atomic mass is 10.2. The molecule has 1 aliphatic rings. The SMILES string of the molecule is O=C(CN(Cc1c(F)cccc1Cl)C1CC1)Nc1ccccc1Cl. The Bertz CT molecular complexity index is 729. The molecule has 24 heavy (non-hydrogen) atoms. The predicted octanol–water partition coefficient (Wildman–Crippen LogP) is 4.74. The minimum absolute atomic E-state index is 0.167. The van der Waals surface area contributed by atoms with Crippen LogP contribution in [0.15, 0.2) is 42.5 Å². The summed E-state index contributed by atoms with van der Waals surface area (Å²) in [7, 11) is 0. The van der Waals surface area contributed by atoms with Crippen LogP contribution in [0.5, 0.6) is 0 Å². The quantitative estimate of drug-likeness (QED) is 0.800. The van der Waals surface area contributed by atoms with Crippen molar-refractivity contribution in [2.45, 2.75) is 25.4 Å². The number of nitrogens with zero attached hydrogens (tertiary/aromatic N) is 1. The molecule has 1 fully saturated rings. The molecule has 1 N–H and O–H groups in total. The van der Waals surface area contributed by atoms with Crippen LogP contribution in [-0.4, -0.2) is 23.4 Å². The Morgan fingerprint density at radius 1 is 1.12 bits per heavy atom. The minimum Gasteiger partial charge on any atom is -0.324 e. The van der Waals surface area contributed by atoms with Crippen LogP contribution in [0.25, 0.3) is 0 Å². The summed E-state index contributed by atoms with van der Waals surface area (Å²) >= 11 is 12.2. The van der Waals surface area contributed by atoms with Crippen molar-refractivity contribution in [1.29, 1.82) is 0 Å². The molecular weight excluding hydrogens is 350 g/mol. The van der Waals surface area contributed by atoms with E-state index in [-0.39, 0.29) is 24.3 Å². The molecule has 2 aromatic carbocycles. The second kappa shape index (κ2) is 7.51. The van der Waals surface area contributed by atoms with Gasteiger partial charge in [0.15, 0.2) is 0 Å². The van der Waals surface area contributed by atoms with Crippen LogP contribution in [0.3, 0.4) is 0 Å². The Morgan fingerprint density at radius 3 is 2.50 bits per heavy atom. The molecule has 3 nitrogen and oxygen atoms in total. The van der Waals surface area contributed by atoms with Crippen molar-refractivity contribution in [1.82, 2.24) is 4.90 Å². The fourth-order valence-corrected chi connectivity index (χ4v) is 2.98. The van der Waals surface area contributed by atoms with Crippen LogP contribution in [0.4, 0.5) is 10.1 Å². The van der Waals surface area contributed by atoms with E-state index in [1.807, 2.05) is 4.90 Å². The molecule has 0 aliphatic heterocycles. The lowest BCUT2D eigenvalue weighted by molar-refractivity contribution is -0.117. The first-order chi connectivity index (χ1) is 11.5. The van der Waals surface area contributed by atoms with E-state index in [1.54, 1.807) is 36.4 Å². The molecule has 0 bridgehead atoms. The van der Waals surface area contributed by atoms with Gasteiger partial charge in [-0.3, -0.25) is 9.69 Å². The number of anilines is 1. The fraction of sp³-hybridized carbons (Fsp3) is 0.278. The maximum atomic E-state index is 14.0. The third kappa shape index (κ3) is 4.26. The molecule has 126 valence electrons. The van der Waals surface area contributed by atoms with Crippen molar-refractivity contribution >= 4 is 34.8 Å². The number of hydrogen-bond acceptors (Lipinski definition) is 2. The van der Waals surface area contributed by atoms with Crippen LogP contribution >= 0.6 is 23.2 Å². The number of carbonyl (C=O) groups excluding carboxylic acids is 1. The molecule has 0 spiro atoms. The zero-order chi connectivity index (χ0) is 17.1. The molecular formula is C18H17Cl2FN2O. The second-order valence-electron chi connectivity index (χ2n) is 5.86. The van der Waals surface area contributed by atoms with E-state index in [0.717, 1.165) is 12.8 Å². The first-order valence-electron chi connectivity index (χ1n) is 7.76. The summed E-state index contributed by atoms with van der Waals surface area (Å²) in [5, 5.41) is 3.67. The molecule has 0 heterocycles. The van der Waals surface area contributed by atoms with Crippen molar-refractivity contribution < 1.29 is 9.18 Å². The van der Waals surface area contributed by atoms with Crippen molar-refractivity contribution in [3.05, 3.63) is 63.9 Å². The van der Waals surface area contributed by atoms with E-state index >= 15 is 0 Å². The lowest BCUT2D eigenvalue weighted by Crippen LogP contribution is -2.34. The van der Waals surface area contributed by atoms with Gasteiger partial charge in [0.2, 0.25) is 5.91 Å². The summed E-state index contributed by atoms with van der Waals surface area (Å²) in [6.45, 7) is 0.479. The van der Waals surface area contributed by atoms with Crippen molar-refractivity contribution in [2.75, 3.05) is 11.9 Å². The summed E-state index contributed by atoms with van der Waals surface area (Å²) < 4.78 is 14.0. The van der Waals surface area contributed by atoms with E-state index in [1.165, 1.54) is 6.07 Å². The molecule has 2 aromatic rings. The highest BCUT2D eigenvalue weighted by molar-refractivity contribution is 6.33. The zero-order valence-corrected chi connectivity index (χ0v) is 14.4. The Kier molecular flexibility index (Phi) is 5.39. The van der Waals surface area contributed by atoms with Crippen LogP contribution in [0.2, 0.25) is 10.0 Å². The molecule has 0 atom stereocenters. The summed E-state index contributed by atoms with van der Waals surface area (Å²) in [6.07, 6.45) is 2.01. The molecule has 0 radical (unpaired) electrons. The van der Waals surface area contributed by atoms with E-state index in [2.05, 4.69) is 5.32 Å². The average molecular weight is 367 g/mol. The van der Waals surface area contributed by atoms with Gasteiger partial charge in [-0.25, -0.2) is 4.39 Å². The molecule has 0 aromatic heterocycles. The van der Waals surface area contributed by atoms with Gasteiger partial charge in [-0.1, -0.05) is 41.4 Å². The zero-order valence-electron chi connectivity index (χ0n) is 12.9. The Morgan fingerprint density at radius 2 is 1.83 bits per heavy atom. The van der Waals surface area contributed by atoms with Gasteiger partial charge in [0.25, 0.3) is 0 Å². The Hall–Kier alpha value is -1.62. The monoisotopic (exact) mass is 366 g/mol. The lowest BCUT2D eigenvalue weighted by Gasteiger charge is -2.22. The van der Waals surface area contributed by atoms with E-state index in [9.17, 15) is 9.18 Å². The number of amides is 1. The smallest absolute Gasteiger partial charge is 0.238 e. The van der Waals surface area contributed by atoms with Crippen molar-refractivity contribution in [3.63, 3.8) is 0 Å². The number of halogens is 3. The van der Waals surface area contributed by atoms with E-state index in [0.29, 0.717) is 27.8 Å². The van der Waals surface area contributed by atoms with Crippen molar-refractivity contribution in [2.24, 2.45) is 0 Å². The van der Waals surface area contributed by atoms with Gasteiger partial charge in [-0.05, 0) is 37.1 Å². The molecule has 1 amide bonds. The molecule has 0 saturated heterocycles. The van der Waals surface area contributed by atoms with Gasteiger partial charge in [0.05, 0.1) is 17.3 Å². The molecule has 6 heteroatoms. The summed E-state index contributed by atoms with van der Waals surface area (Å²) in [5.41, 5.74) is 1.00. The van der Waals surface area contributed by atoms with E-state index in [4.69, 9.17) is 23.2 Å². The van der Waals surface area contributed by atoms with Crippen LogP contribution in [-0.2, 0) is 11.3 Å². The predicted molar refractivity (Wildman–Crippen MR) is 94.9 cm³/mol. The molecule has 3 rings (SSSR count). The number of nitrogens with one attached hydrogen (secondary N) is 1. The van der Waals surface area contributed by atoms with Gasteiger partial charge in [0.1, 0.15) is 5.82 Å². The third-order valence-electron chi connectivity index (χ3n) is 3.98. The number of hydrogen-bond donors (Lipinski definition) is 1. The maximum Gasteiger partial charge on any atom is 0.238 e. The summed E-state index contributed by atoms with van der Waals surface area (Å²) in [5.74, 6) is -0.526. The van der Waals surface area contributed by atoms with Gasteiger partial charge < -0.3 is 5.32 Å². The van der Waals surface area contributed by atoms with Crippen molar-refractivity contribution in [3.8, 4) is 0 Å². The fourth-order valence-electron chi connectivity index (χ4n) is 2.58. The molecule has 0 unspecified atom stereocenters. The third-order valence-corrected chi connectivity index (χ3v) is 4.66. The highest BCUT2D eigenvalue weighted by Crippen LogP contribution is 2.30. The largest absolute Gasteiger partial charge is 0.324 e. The van der Waals surface area contributed by atoms with Gasteiger partial charge in [-0.2, -0.15) is 0 Å². The number of carbonyl (C=O) groups is 1. The average Bonchev–Trinajstić information content (AvgIpc) is 3.37. The highest BCUT2D eigenvalue weighted by Gasteiger charge is 2.31. The number of benzene rings is 2. The Labute approximate surface area is 150 Å². The van der Waals surface area contributed by atoms with Gasteiger partial charge >= 0.3 is 0 Å². The van der Waals surface area contributed by atoms with Gasteiger partial charge in [0, 0.05) is 23.2 Å². The number of rotatable bonds is 6.